The van der Waals surface area contributed by atoms with E-state index < -0.39 is 0 Å². The topological polar surface area (TPSA) is 42.7 Å². The summed E-state index contributed by atoms with van der Waals surface area (Å²) in [6.45, 7) is 5.74. The van der Waals surface area contributed by atoms with Crippen LogP contribution >= 0.6 is 0 Å². The Bertz CT molecular complexity index is 593. The normalized spacial score (nSPS) is 20.1. The summed E-state index contributed by atoms with van der Waals surface area (Å²) in [5, 5.41) is 8.61. The number of ether oxygens (including phenoxy) is 1. The van der Waals surface area contributed by atoms with Gasteiger partial charge in [0.25, 0.3) is 0 Å². The first-order valence-electron chi connectivity index (χ1n) is 7.32. The van der Waals surface area contributed by atoms with Gasteiger partial charge in [-0.3, -0.25) is 9.30 Å². The van der Waals surface area contributed by atoms with Crippen LogP contribution in [0.25, 0.3) is 5.65 Å². The average molecular weight is 274 g/mol. The average Bonchev–Trinajstić information content (AvgIpc) is 3.06. The van der Waals surface area contributed by atoms with Gasteiger partial charge in [-0.2, -0.15) is 0 Å². The highest BCUT2D eigenvalue weighted by atomic mass is 16.5. The fourth-order valence-corrected chi connectivity index (χ4v) is 3.16. The van der Waals surface area contributed by atoms with Crippen molar-refractivity contribution in [2.75, 3.05) is 13.7 Å². The highest BCUT2D eigenvalue weighted by Gasteiger charge is 2.27. The number of nitrogens with zero attached hydrogens (tertiary/aromatic N) is 4. The minimum atomic E-state index is 0.588. The second-order valence-corrected chi connectivity index (χ2v) is 5.74. The number of methoxy groups -OCH3 is 1. The van der Waals surface area contributed by atoms with Crippen LogP contribution < -0.4 is 4.74 Å². The van der Waals surface area contributed by atoms with E-state index in [0.717, 1.165) is 23.6 Å². The molecule has 1 saturated heterocycles. The van der Waals surface area contributed by atoms with Crippen LogP contribution in [0.1, 0.15) is 32.5 Å². The molecule has 0 saturated carbocycles. The monoisotopic (exact) mass is 274 g/mol. The zero-order valence-electron chi connectivity index (χ0n) is 12.4. The van der Waals surface area contributed by atoms with E-state index in [-0.39, 0.29) is 0 Å². The van der Waals surface area contributed by atoms with E-state index >= 15 is 0 Å². The molecule has 0 amide bonds. The summed E-state index contributed by atoms with van der Waals surface area (Å²) in [6.07, 6.45) is 5.50. The van der Waals surface area contributed by atoms with Crippen LogP contribution in [0.15, 0.2) is 18.3 Å². The molecule has 0 N–H and O–H groups in total. The lowest BCUT2D eigenvalue weighted by molar-refractivity contribution is 0.200. The maximum atomic E-state index is 5.22. The van der Waals surface area contributed by atoms with Crippen LogP contribution in [-0.4, -0.2) is 45.2 Å². The summed E-state index contributed by atoms with van der Waals surface area (Å²) in [4.78, 5) is 2.57. The van der Waals surface area contributed by atoms with E-state index in [0.29, 0.717) is 12.1 Å². The molecule has 2 aromatic rings. The Morgan fingerprint density at radius 2 is 2.25 bits per heavy atom. The molecule has 1 atom stereocenters. The summed E-state index contributed by atoms with van der Waals surface area (Å²) in [6, 6.07) is 5.06. The first-order chi connectivity index (χ1) is 9.69. The van der Waals surface area contributed by atoms with Crippen molar-refractivity contribution in [1.29, 1.82) is 0 Å². The zero-order chi connectivity index (χ0) is 14.1. The van der Waals surface area contributed by atoms with Gasteiger partial charge in [0.1, 0.15) is 11.6 Å². The quantitative estimate of drug-likeness (QED) is 0.857. The summed E-state index contributed by atoms with van der Waals surface area (Å²) in [5.74, 6) is 1.86. The van der Waals surface area contributed by atoms with Gasteiger partial charge in [-0.25, -0.2) is 0 Å². The molecule has 0 bridgehead atoms. The number of hydrogen-bond donors (Lipinski definition) is 0. The molecule has 1 aliphatic heterocycles. The second-order valence-electron chi connectivity index (χ2n) is 5.74. The first-order valence-corrected chi connectivity index (χ1v) is 7.32. The van der Waals surface area contributed by atoms with E-state index in [9.17, 15) is 0 Å². The van der Waals surface area contributed by atoms with Crippen molar-refractivity contribution < 1.29 is 4.74 Å². The van der Waals surface area contributed by atoms with Gasteiger partial charge in [0.15, 0.2) is 5.65 Å². The minimum absolute atomic E-state index is 0.588. The van der Waals surface area contributed by atoms with Gasteiger partial charge in [-0.05, 0) is 39.3 Å². The molecule has 5 heteroatoms. The fourth-order valence-electron chi connectivity index (χ4n) is 3.16. The number of likely N-dealkylation sites (tertiary alicyclic amines) is 1. The largest absolute Gasteiger partial charge is 0.497 e. The van der Waals surface area contributed by atoms with Crippen LogP contribution in [0.5, 0.6) is 5.75 Å². The predicted molar refractivity (Wildman–Crippen MR) is 78.1 cm³/mol. The molecule has 0 aliphatic carbocycles. The number of aromatic nitrogens is 3. The molecule has 1 fully saturated rings. The molecule has 0 radical (unpaired) electrons. The summed E-state index contributed by atoms with van der Waals surface area (Å²) in [7, 11) is 1.67. The van der Waals surface area contributed by atoms with Crippen molar-refractivity contribution in [3.63, 3.8) is 0 Å². The van der Waals surface area contributed by atoms with Crippen molar-refractivity contribution >= 4 is 5.65 Å². The van der Waals surface area contributed by atoms with Crippen LogP contribution in [-0.2, 0) is 6.42 Å². The van der Waals surface area contributed by atoms with E-state index in [1.807, 2.05) is 18.3 Å². The smallest absolute Gasteiger partial charge is 0.164 e. The summed E-state index contributed by atoms with van der Waals surface area (Å²) >= 11 is 0. The van der Waals surface area contributed by atoms with Gasteiger partial charge in [-0.1, -0.05) is 0 Å². The Kier molecular flexibility index (Phi) is 3.61. The SMILES string of the molecule is COc1ccn2c(CC3CCCN3C(C)C)nnc2c1. The molecule has 20 heavy (non-hydrogen) atoms. The third kappa shape index (κ3) is 2.38. The summed E-state index contributed by atoms with van der Waals surface area (Å²) in [5.41, 5.74) is 0.855. The standard InChI is InChI=1S/C15H22N4O/c1-11(2)18-7-4-5-12(18)9-14-16-17-15-10-13(20-3)6-8-19(14)15/h6,8,10-12H,4-5,7,9H2,1-3H3. The highest BCUT2D eigenvalue weighted by Crippen LogP contribution is 2.23. The molecule has 2 aromatic heterocycles. The Morgan fingerprint density at radius 1 is 1.40 bits per heavy atom. The van der Waals surface area contributed by atoms with E-state index in [1.54, 1.807) is 7.11 Å². The summed E-state index contributed by atoms with van der Waals surface area (Å²) < 4.78 is 7.29. The third-order valence-electron chi connectivity index (χ3n) is 4.19. The van der Waals surface area contributed by atoms with Crippen molar-refractivity contribution in [3.05, 3.63) is 24.2 Å². The zero-order valence-corrected chi connectivity index (χ0v) is 12.4. The molecule has 108 valence electrons. The van der Waals surface area contributed by atoms with Crippen LogP contribution in [0.4, 0.5) is 0 Å². The van der Waals surface area contributed by atoms with Gasteiger partial charge in [0, 0.05) is 30.8 Å². The lowest BCUT2D eigenvalue weighted by Gasteiger charge is -2.27. The van der Waals surface area contributed by atoms with Crippen LogP contribution in [0, 0.1) is 0 Å². The Morgan fingerprint density at radius 3 is 3.00 bits per heavy atom. The molecule has 5 nitrogen and oxygen atoms in total. The lowest BCUT2D eigenvalue weighted by atomic mass is 10.1. The number of pyridine rings is 1. The maximum Gasteiger partial charge on any atom is 0.164 e. The second kappa shape index (κ2) is 5.40. The van der Waals surface area contributed by atoms with Crippen molar-refractivity contribution in [3.8, 4) is 5.75 Å². The highest BCUT2D eigenvalue weighted by molar-refractivity contribution is 5.44. The maximum absolute atomic E-state index is 5.22. The lowest BCUT2D eigenvalue weighted by Crippen LogP contribution is -2.37. The van der Waals surface area contributed by atoms with Gasteiger partial charge in [-0.15, -0.1) is 10.2 Å². The van der Waals surface area contributed by atoms with Crippen LogP contribution in [0.2, 0.25) is 0 Å². The Hall–Kier alpha value is -1.62. The first kappa shape index (κ1) is 13.4. The van der Waals surface area contributed by atoms with Crippen LogP contribution in [0.3, 0.4) is 0 Å². The Balaban J connectivity index is 1.84. The van der Waals surface area contributed by atoms with Gasteiger partial charge >= 0.3 is 0 Å². The fraction of sp³-hybridized carbons (Fsp3) is 0.600. The molecular weight excluding hydrogens is 252 g/mol. The van der Waals surface area contributed by atoms with Gasteiger partial charge in [0.05, 0.1) is 7.11 Å². The molecule has 0 spiro atoms. The number of fused-ring (bicyclic) bond motifs is 1. The Labute approximate surface area is 119 Å². The van der Waals surface area contributed by atoms with E-state index in [1.165, 1.54) is 19.4 Å². The molecule has 0 aromatic carbocycles. The molecule has 1 unspecified atom stereocenters. The van der Waals surface area contributed by atoms with Gasteiger partial charge in [0.2, 0.25) is 0 Å². The van der Waals surface area contributed by atoms with E-state index in [4.69, 9.17) is 4.74 Å². The molecule has 1 aliphatic rings. The molecule has 3 rings (SSSR count). The molecular formula is C15H22N4O. The van der Waals surface area contributed by atoms with Gasteiger partial charge < -0.3 is 4.74 Å². The van der Waals surface area contributed by atoms with Crippen molar-refractivity contribution in [2.45, 2.75) is 45.2 Å². The third-order valence-corrected chi connectivity index (χ3v) is 4.19. The van der Waals surface area contributed by atoms with Crippen molar-refractivity contribution in [1.82, 2.24) is 19.5 Å². The number of rotatable bonds is 4. The minimum Gasteiger partial charge on any atom is -0.497 e. The predicted octanol–water partition coefficient (Wildman–Crippen LogP) is 2.15. The van der Waals surface area contributed by atoms with Crippen molar-refractivity contribution in [2.24, 2.45) is 0 Å². The molecule has 3 heterocycles. The number of hydrogen-bond acceptors (Lipinski definition) is 4. The van der Waals surface area contributed by atoms with E-state index in [2.05, 4.69) is 33.3 Å².